The van der Waals surface area contributed by atoms with Gasteiger partial charge < -0.3 is 5.32 Å². The third-order valence-corrected chi connectivity index (χ3v) is 5.70. The monoisotopic (exact) mass is 299 g/mol. The Balaban J connectivity index is 1.71. The average molecular weight is 299 g/mol. The fraction of sp³-hybridized carbons (Fsp3) is 0.529. The van der Waals surface area contributed by atoms with Crippen LogP contribution in [0.2, 0.25) is 0 Å². The van der Waals surface area contributed by atoms with E-state index in [4.69, 9.17) is 4.98 Å². The van der Waals surface area contributed by atoms with Gasteiger partial charge in [0.05, 0.1) is 11.7 Å². The van der Waals surface area contributed by atoms with Crippen molar-refractivity contribution < 1.29 is 0 Å². The Kier molecular flexibility index (Phi) is 3.51. The summed E-state index contributed by atoms with van der Waals surface area (Å²) in [6.07, 6.45) is 11.5. The van der Waals surface area contributed by atoms with Gasteiger partial charge in [-0.15, -0.1) is 11.3 Å². The molecule has 4 rings (SSSR count). The van der Waals surface area contributed by atoms with Gasteiger partial charge in [-0.05, 0) is 62.6 Å². The van der Waals surface area contributed by atoms with Crippen LogP contribution in [0.4, 0.5) is 0 Å². The maximum atomic E-state index is 4.98. The average Bonchev–Trinajstić information content (AvgIpc) is 3.22. The number of rotatable bonds is 4. The number of fused-ring (bicyclic) bond motifs is 1. The zero-order valence-corrected chi connectivity index (χ0v) is 13.2. The molecule has 0 radical (unpaired) electrons. The van der Waals surface area contributed by atoms with E-state index in [2.05, 4.69) is 23.3 Å². The Labute approximate surface area is 129 Å². The molecule has 1 atom stereocenters. The number of hydrogen-bond acceptors (Lipinski definition) is 4. The van der Waals surface area contributed by atoms with E-state index in [0.29, 0.717) is 6.04 Å². The van der Waals surface area contributed by atoms with Gasteiger partial charge in [-0.3, -0.25) is 4.98 Å². The highest BCUT2D eigenvalue weighted by atomic mass is 32.1. The van der Waals surface area contributed by atoms with Crippen molar-refractivity contribution in [1.82, 2.24) is 15.3 Å². The van der Waals surface area contributed by atoms with Crippen LogP contribution in [0.5, 0.6) is 0 Å². The molecule has 2 aliphatic rings. The van der Waals surface area contributed by atoms with Crippen LogP contribution in [0.25, 0.3) is 0 Å². The van der Waals surface area contributed by atoms with E-state index in [-0.39, 0.29) is 6.04 Å². The Bertz CT molecular complexity index is 622. The number of nitrogens with zero attached hydrogens (tertiary/aromatic N) is 2. The number of pyridine rings is 1. The van der Waals surface area contributed by atoms with Crippen LogP contribution in [0.3, 0.4) is 0 Å². The quantitative estimate of drug-likeness (QED) is 0.938. The van der Waals surface area contributed by atoms with E-state index in [0.717, 1.165) is 6.42 Å². The molecule has 1 fully saturated rings. The Morgan fingerprint density at radius 2 is 2.14 bits per heavy atom. The first-order chi connectivity index (χ1) is 10.3. The molecule has 0 aliphatic heterocycles. The van der Waals surface area contributed by atoms with Crippen molar-refractivity contribution in [3.8, 4) is 0 Å². The molecular weight excluding hydrogens is 278 g/mol. The van der Waals surface area contributed by atoms with Crippen molar-refractivity contribution in [1.29, 1.82) is 0 Å². The van der Waals surface area contributed by atoms with Crippen LogP contribution in [-0.2, 0) is 12.8 Å². The van der Waals surface area contributed by atoms with Gasteiger partial charge in [-0.25, -0.2) is 4.98 Å². The molecule has 0 amide bonds. The van der Waals surface area contributed by atoms with Gasteiger partial charge in [0.25, 0.3) is 0 Å². The zero-order valence-electron chi connectivity index (χ0n) is 12.4. The van der Waals surface area contributed by atoms with E-state index in [1.54, 1.807) is 0 Å². The maximum absolute atomic E-state index is 4.98. The predicted molar refractivity (Wildman–Crippen MR) is 85.7 cm³/mol. The van der Waals surface area contributed by atoms with Gasteiger partial charge in [-0.1, -0.05) is 0 Å². The van der Waals surface area contributed by atoms with Crippen LogP contribution in [-0.4, -0.2) is 16.0 Å². The van der Waals surface area contributed by atoms with E-state index < -0.39 is 0 Å². The molecule has 0 bridgehead atoms. The highest BCUT2D eigenvalue weighted by molar-refractivity contribution is 7.11. The second-order valence-corrected chi connectivity index (χ2v) is 7.35. The fourth-order valence-electron chi connectivity index (χ4n) is 3.05. The first kappa shape index (κ1) is 13.4. The summed E-state index contributed by atoms with van der Waals surface area (Å²) in [5, 5.41) is 5.02. The molecule has 1 unspecified atom stereocenters. The molecular formula is C17H21N3S. The van der Waals surface area contributed by atoms with Crippen LogP contribution in [0, 0.1) is 6.92 Å². The summed E-state index contributed by atoms with van der Waals surface area (Å²) >= 11 is 1.92. The summed E-state index contributed by atoms with van der Waals surface area (Å²) in [6.45, 7) is 2.17. The molecule has 2 aromatic rings. The Hall–Kier alpha value is -1.26. The van der Waals surface area contributed by atoms with E-state index in [1.807, 2.05) is 23.7 Å². The van der Waals surface area contributed by atoms with E-state index in [9.17, 15) is 0 Å². The van der Waals surface area contributed by atoms with E-state index >= 15 is 0 Å². The van der Waals surface area contributed by atoms with Crippen molar-refractivity contribution in [3.63, 3.8) is 0 Å². The van der Waals surface area contributed by atoms with Gasteiger partial charge in [0, 0.05) is 23.3 Å². The molecule has 2 aromatic heterocycles. The van der Waals surface area contributed by atoms with Gasteiger partial charge in [-0.2, -0.15) is 0 Å². The van der Waals surface area contributed by atoms with Crippen molar-refractivity contribution >= 4 is 11.3 Å². The summed E-state index contributed by atoms with van der Waals surface area (Å²) in [6, 6.07) is 2.99. The van der Waals surface area contributed by atoms with Crippen molar-refractivity contribution in [3.05, 3.63) is 45.2 Å². The third kappa shape index (κ3) is 2.74. The minimum atomic E-state index is 0.224. The zero-order chi connectivity index (χ0) is 14.2. The smallest absolute Gasteiger partial charge is 0.115 e. The molecule has 2 aliphatic carbocycles. The Morgan fingerprint density at radius 3 is 2.90 bits per heavy atom. The maximum Gasteiger partial charge on any atom is 0.115 e. The second kappa shape index (κ2) is 5.50. The summed E-state index contributed by atoms with van der Waals surface area (Å²) in [5.41, 5.74) is 3.94. The first-order valence-electron chi connectivity index (χ1n) is 7.96. The number of hydrogen-bond donors (Lipinski definition) is 1. The highest BCUT2D eigenvalue weighted by Gasteiger charge is 2.30. The lowest BCUT2D eigenvalue weighted by Crippen LogP contribution is -2.25. The summed E-state index contributed by atoms with van der Waals surface area (Å²) in [7, 11) is 0. The minimum Gasteiger partial charge on any atom is -0.301 e. The molecule has 0 saturated heterocycles. The van der Waals surface area contributed by atoms with Crippen LogP contribution in [0.15, 0.2) is 18.5 Å². The Morgan fingerprint density at radius 1 is 1.29 bits per heavy atom. The number of nitrogens with one attached hydrogen (secondary N) is 1. The molecule has 4 heteroatoms. The molecule has 21 heavy (non-hydrogen) atoms. The van der Waals surface area contributed by atoms with Gasteiger partial charge in [0.1, 0.15) is 5.01 Å². The van der Waals surface area contributed by atoms with Crippen LogP contribution < -0.4 is 5.32 Å². The standard InChI is InChI=1S/C17H21N3S/c1-11-8-9-18-10-13(11)16(19-12-6-7-12)17-20-14-4-2-3-5-15(14)21-17/h8-10,12,16,19H,2-7H2,1H3. The second-order valence-electron chi connectivity index (χ2n) is 6.24. The normalized spacial score (nSPS) is 19.3. The highest BCUT2D eigenvalue weighted by Crippen LogP contribution is 2.35. The number of aromatic nitrogens is 2. The topological polar surface area (TPSA) is 37.8 Å². The molecule has 0 aromatic carbocycles. The molecule has 1 N–H and O–H groups in total. The van der Waals surface area contributed by atoms with Gasteiger partial charge in [0.2, 0.25) is 0 Å². The molecule has 3 nitrogen and oxygen atoms in total. The lowest BCUT2D eigenvalue weighted by Gasteiger charge is -2.18. The SMILES string of the molecule is Cc1ccncc1C(NC1CC1)c1nc2c(s1)CCCC2. The minimum absolute atomic E-state index is 0.224. The number of aryl methyl sites for hydroxylation is 3. The molecule has 110 valence electrons. The van der Waals surface area contributed by atoms with Gasteiger partial charge >= 0.3 is 0 Å². The first-order valence-corrected chi connectivity index (χ1v) is 8.78. The fourth-order valence-corrected chi connectivity index (χ4v) is 4.29. The van der Waals surface area contributed by atoms with Crippen LogP contribution >= 0.6 is 11.3 Å². The van der Waals surface area contributed by atoms with E-state index in [1.165, 1.54) is 58.8 Å². The lowest BCUT2D eigenvalue weighted by atomic mass is 10.0. The largest absolute Gasteiger partial charge is 0.301 e. The van der Waals surface area contributed by atoms with Crippen molar-refractivity contribution in [2.75, 3.05) is 0 Å². The summed E-state index contributed by atoms with van der Waals surface area (Å²) in [4.78, 5) is 10.8. The molecule has 2 heterocycles. The summed E-state index contributed by atoms with van der Waals surface area (Å²) in [5.74, 6) is 0. The van der Waals surface area contributed by atoms with Crippen LogP contribution in [0.1, 0.15) is 58.4 Å². The van der Waals surface area contributed by atoms with Gasteiger partial charge in [0.15, 0.2) is 0 Å². The lowest BCUT2D eigenvalue weighted by molar-refractivity contribution is 0.590. The van der Waals surface area contributed by atoms with Crippen molar-refractivity contribution in [2.45, 2.75) is 57.5 Å². The third-order valence-electron chi connectivity index (χ3n) is 4.48. The predicted octanol–water partition coefficient (Wildman–Crippen LogP) is 3.57. The van der Waals surface area contributed by atoms with Crippen molar-refractivity contribution in [2.24, 2.45) is 0 Å². The summed E-state index contributed by atoms with van der Waals surface area (Å²) < 4.78 is 0. The molecule has 0 spiro atoms. The molecule has 1 saturated carbocycles. The number of thiazole rings is 1.